The molecule has 0 unspecified atom stereocenters. The fraction of sp³-hybridized carbons (Fsp3) is 0.304. The molecule has 0 N–H and O–H groups in total. The Hall–Kier alpha value is -3.12. The van der Waals surface area contributed by atoms with Crippen molar-refractivity contribution in [2.75, 3.05) is 39.5 Å². The van der Waals surface area contributed by atoms with E-state index in [9.17, 15) is 4.79 Å². The molecule has 0 spiro atoms. The van der Waals surface area contributed by atoms with Crippen LogP contribution in [0, 0.1) is 0 Å². The minimum atomic E-state index is -0.0104. The summed E-state index contributed by atoms with van der Waals surface area (Å²) < 4.78 is 16.7. The lowest BCUT2D eigenvalue weighted by Gasteiger charge is -2.26. The number of ether oxygens (including phenoxy) is 3. The summed E-state index contributed by atoms with van der Waals surface area (Å²) in [6.07, 6.45) is 1.73. The van der Waals surface area contributed by atoms with Crippen LogP contribution in [-0.2, 0) is 9.53 Å². The van der Waals surface area contributed by atoms with E-state index in [1.54, 1.807) is 11.1 Å². The van der Waals surface area contributed by atoms with Crippen LogP contribution >= 0.6 is 0 Å². The van der Waals surface area contributed by atoms with Gasteiger partial charge in [0.2, 0.25) is 5.88 Å². The minimum Gasteiger partial charge on any atom is -0.484 e. The highest BCUT2D eigenvalue weighted by Crippen LogP contribution is 2.31. The van der Waals surface area contributed by atoms with Crippen molar-refractivity contribution in [3.8, 4) is 22.8 Å². The maximum atomic E-state index is 12.2. The number of hydrogen-bond acceptors (Lipinski definition) is 5. The smallest absolute Gasteiger partial charge is 0.260 e. The SMILES string of the molecule is CCOc1ncccc1-c1ccc2cc(OCC(=O)N3CCOCC3)ccc2c1. The molecule has 6 nitrogen and oxygen atoms in total. The number of hydrogen-bond donors (Lipinski definition) is 0. The quantitative estimate of drug-likeness (QED) is 0.642. The van der Waals surface area contributed by atoms with Crippen LogP contribution in [0.2, 0.25) is 0 Å². The first-order valence-corrected chi connectivity index (χ1v) is 9.85. The van der Waals surface area contributed by atoms with Crippen LogP contribution < -0.4 is 9.47 Å². The lowest BCUT2D eigenvalue weighted by atomic mass is 10.0. The van der Waals surface area contributed by atoms with Crippen LogP contribution in [0.4, 0.5) is 0 Å². The molecule has 1 saturated heterocycles. The first kappa shape index (κ1) is 19.2. The number of aromatic nitrogens is 1. The van der Waals surface area contributed by atoms with Crippen LogP contribution in [-0.4, -0.2) is 55.3 Å². The van der Waals surface area contributed by atoms with E-state index in [0.717, 1.165) is 21.9 Å². The normalized spacial score (nSPS) is 14.0. The van der Waals surface area contributed by atoms with Gasteiger partial charge in [-0.2, -0.15) is 0 Å². The highest BCUT2D eigenvalue weighted by molar-refractivity contribution is 5.89. The predicted molar refractivity (Wildman–Crippen MR) is 111 cm³/mol. The molecule has 0 bridgehead atoms. The summed E-state index contributed by atoms with van der Waals surface area (Å²) in [5, 5.41) is 2.13. The molecule has 2 aromatic carbocycles. The van der Waals surface area contributed by atoms with Crippen molar-refractivity contribution < 1.29 is 19.0 Å². The summed E-state index contributed by atoms with van der Waals surface area (Å²) in [7, 11) is 0. The van der Waals surface area contributed by atoms with E-state index in [0.29, 0.717) is 44.5 Å². The first-order valence-electron chi connectivity index (χ1n) is 9.85. The van der Waals surface area contributed by atoms with Crippen molar-refractivity contribution in [1.82, 2.24) is 9.88 Å². The van der Waals surface area contributed by atoms with Gasteiger partial charge < -0.3 is 19.1 Å². The molecule has 6 heteroatoms. The highest BCUT2D eigenvalue weighted by atomic mass is 16.5. The zero-order valence-corrected chi connectivity index (χ0v) is 16.5. The Morgan fingerprint density at radius 1 is 1.07 bits per heavy atom. The molecule has 1 amide bonds. The molecule has 2 heterocycles. The summed E-state index contributed by atoms with van der Waals surface area (Å²) in [6, 6.07) is 16.0. The molecule has 4 rings (SSSR count). The van der Waals surface area contributed by atoms with Crippen LogP contribution in [0.1, 0.15) is 6.92 Å². The molecular weight excluding hydrogens is 368 g/mol. The zero-order valence-electron chi connectivity index (χ0n) is 16.5. The highest BCUT2D eigenvalue weighted by Gasteiger charge is 2.17. The zero-order chi connectivity index (χ0) is 20.1. The number of fused-ring (bicyclic) bond motifs is 1. The van der Waals surface area contributed by atoms with Gasteiger partial charge in [-0.1, -0.05) is 18.2 Å². The predicted octanol–water partition coefficient (Wildman–Crippen LogP) is 3.54. The molecule has 0 aliphatic carbocycles. The van der Waals surface area contributed by atoms with Gasteiger partial charge in [0, 0.05) is 24.8 Å². The van der Waals surface area contributed by atoms with Gasteiger partial charge in [0.05, 0.1) is 19.8 Å². The molecule has 1 aromatic heterocycles. The second-order valence-corrected chi connectivity index (χ2v) is 6.79. The van der Waals surface area contributed by atoms with Crippen molar-refractivity contribution in [3.63, 3.8) is 0 Å². The minimum absolute atomic E-state index is 0.0104. The molecule has 0 atom stereocenters. The molecule has 1 aliphatic rings. The second kappa shape index (κ2) is 8.92. The number of morpholine rings is 1. The molecule has 1 aliphatic heterocycles. The topological polar surface area (TPSA) is 60.9 Å². The Morgan fingerprint density at radius 3 is 2.69 bits per heavy atom. The second-order valence-electron chi connectivity index (χ2n) is 6.79. The van der Waals surface area contributed by atoms with Gasteiger partial charge in [0.15, 0.2) is 6.61 Å². The summed E-state index contributed by atoms with van der Waals surface area (Å²) >= 11 is 0. The number of carbonyl (C=O) groups excluding carboxylic acids is 1. The van der Waals surface area contributed by atoms with Crippen molar-refractivity contribution >= 4 is 16.7 Å². The number of pyridine rings is 1. The monoisotopic (exact) mass is 392 g/mol. The van der Waals surface area contributed by atoms with E-state index in [1.807, 2.05) is 49.4 Å². The lowest BCUT2D eigenvalue weighted by Crippen LogP contribution is -2.42. The fourth-order valence-corrected chi connectivity index (χ4v) is 3.39. The number of rotatable bonds is 6. The Labute approximate surface area is 170 Å². The Balaban J connectivity index is 1.49. The van der Waals surface area contributed by atoms with Gasteiger partial charge in [-0.05, 0) is 53.6 Å². The molecule has 1 fully saturated rings. The van der Waals surface area contributed by atoms with Crippen molar-refractivity contribution in [2.45, 2.75) is 6.92 Å². The van der Waals surface area contributed by atoms with Gasteiger partial charge >= 0.3 is 0 Å². The van der Waals surface area contributed by atoms with Crippen LogP contribution in [0.15, 0.2) is 54.7 Å². The summed E-state index contributed by atoms with van der Waals surface area (Å²) in [6.45, 7) is 4.99. The average Bonchev–Trinajstić information content (AvgIpc) is 2.78. The average molecular weight is 392 g/mol. The molecule has 3 aromatic rings. The fourth-order valence-electron chi connectivity index (χ4n) is 3.39. The largest absolute Gasteiger partial charge is 0.484 e. The number of amides is 1. The van der Waals surface area contributed by atoms with Crippen molar-refractivity contribution in [1.29, 1.82) is 0 Å². The van der Waals surface area contributed by atoms with Gasteiger partial charge in [-0.15, -0.1) is 0 Å². The summed E-state index contributed by atoms with van der Waals surface area (Å²) in [5.74, 6) is 1.31. The van der Waals surface area contributed by atoms with E-state index in [1.165, 1.54) is 0 Å². The van der Waals surface area contributed by atoms with Crippen LogP contribution in [0.25, 0.3) is 21.9 Å². The molecule has 0 saturated carbocycles. The lowest BCUT2D eigenvalue weighted by molar-refractivity contribution is -0.137. The van der Waals surface area contributed by atoms with Gasteiger partial charge in [-0.25, -0.2) is 4.98 Å². The Bertz CT molecular complexity index is 999. The maximum Gasteiger partial charge on any atom is 0.260 e. The summed E-state index contributed by atoms with van der Waals surface area (Å²) in [5.41, 5.74) is 2.01. The molecular formula is C23H24N2O4. The van der Waals surface area contributed by atoms with Gasteiger partial charge in [0.1, 0.15) is 5.75 Å². The van der Waals surface area contributed by atoms with Crippen molar-refractivity contribution in [2.24, 2.45) is 0 Å². The van der Waals surface area contributed by atoms with Crippen LogP contribution in [0.5, 0.6) is 11.6 Å². The summed E-state index contributed by atoms with van der Waals surface area (Å²) in [4.78, 5) is 18.4. The van der Waals surface area contributed by atoms with E-state index >= 15 is 0 Å². The third-order valence-corrected chi connectivity index (χ3v) is 4.90. The van der Waals surface area contributed by atoms with E-state index in [-0.39, 0.29) is 12.5 Å². The number of nitrogens with zero attached hydrogens (tertiary/aromatic N) is 2. The molecule has 150 valence electrons. The maximum absolute atomic E-state index is 12.2. The van der Waals surface area contributed by atoms with Crippen LogP contribution in [0.3, 0.4) is 0 Å². The van der Waals surface area contributed by atoms with E-state index < -0.39 is 0 Å². The van der Waals surface area contributed by atoms with E-state index in [2.05, 4.69) is 11.1 Å². The molecule has 29 heavy (non-hydrogen) atoms. The van der Waals surface area contributed by atoms with E-state index in [4.69, 9.17) is 14.2 Å². The third-order valence-electron chi connectivity index (χ3n) is 4.90. The number of carbonyl (C=O) groups is 1. The number of benzene rings is 2. The van der Waals surface area contributed by atoms with Gasteiger partial charge in [-0.3, -0.25) is 4.79 Å². The standard InChI is InChI=1S/C23H24N2O4/c1-2-28-23-21(4-3-9-24-23)19-6-5-18-15-20(8-7-17(18)14-19)29-16-22(26)25-10-12-27-13-11-25/h3-9,14-15H,2,10-13,16H2,1H3. The van der Waals surface area contributed by atoms with Gasteiger partial charge in [0.25, 0.3) is 5.91 Å². The van der Waals surface area contributed by atoms with Crippen molar-refractivity contribution in [3.05, 3.63) is 54.7 Å². The Morgan fingerprint density at radius 2 is 1.86 bits per heavy atom. The Kier molecular flexibility index (Phi) is 5.91. The molecule has 0 radical (unpaired) electrons. The first-order chi connectivity index (χ1) is 14.2. The third kappa shape index (κ3) is 4.49.